The van der Waals surface area contributed by atoms with Gasteiger partial charge in [-0.3, -0.25) is 13.9 Å². The van der Waals surface area contributed by atoms with Gasteiger partial charge in [-0.15, -0.1) is 0 Å². The van der Waals surface area contributed by atoms with E-state index in [1.807, 2.05) is 56.3 Å². The highest BCUT2D eigenvalue weighted by Crippen LogP contribution is 2.33. The van der Waals surface area contributed by atoms with Crippen molar-refractivity contribution in [1.82, 2.24) is 10.2 Å². The fourth-order valence-corrected chi connectivity index (χ4v) is 6.58. The third-order valence-corrected chi connectivity index (χ3v) is 9.58. The quantitative estimate of drug-likeness (QED) is 0.162. The molecule has 0 radical (unpaired) electrons. The molecular formula is C37H43N3O6S. The molecule has 10 heteroatoms. The number of amides is 2. The normalized spacial score (nSPS) is 12.4. The first-order chi connectivity index (χ1) is 22.7. The van der Waals surface area contributed by atoms with Gasteiger partial charge >= 0.3 is 0 Å². The van der Waals surface area contributed by atoms with Gasteiger partial charge in [0.1, 0.15) is 24.1 Å². The molecule has 0 fully saturated rings. The van der Waals surface area contributed by atoms with E-state index in [1.165, 1.54) is 17.0 Å². The minimum absolute atomic E-state index is 0.0220. The Morgan fingerprint density at radius 2 is 1.47 bits per heavy atom. The van der Waals surface area contributed by atoms with Gasteiger partial charge in [-0.2, -0.15) is 0 Å². The first-order valence-corrected chi connectivity index (χ1v) is 17.2. The molecule has 0 heterocycles. The second kappa shape index (κ2) is 16.6. The van der Waals surface area contributed by atoms with Crippen molar-refractivity contribution >= 4 is 27.5 Å². The standard InChI is InChI=1S/C37H43N3O6S/c1-5-28(3)38-37(42)34(25-29-16-9-7-10-17-29)39(26-30-18-15-19-31(24-30)45-4)36(41)27-40(33-22-13-14-23-35(33)46-6-2)47(43,44)32-20-11-8-12-21-32/h7-24,28,34H,5-6,25-27H2,1-4H3,(H,38,42)/t28-,34-/m0/s1. The van der Waals surface area contributed by atoms with Gasteiger partial charge in [0.2, 0.25) is 11.8 Å². The van der Waals surface area contributed by atoms with Crippen molar-refractivity contribution in [2.24, 2.45) is 0 Å². The second-order valence-electron chi connectivity index (χ2n) is 11.1. The smallest absolute Gasteiger partial charge is 0.264 e. The Bertz CT molecular complexity index is 1720. The van der Waals surface area contributed by atoms with Crippen LogP contribution in [-0.2, 0) is 32.6 Å². The number of rotatable bonds is 16. The molecule has 0 bridgehead atoms. The monoisotopic (exact) mass is 657 g/mol. The zero-order valence-corrected chi connectivity index (χ0v) is 28.2. The predicted molar refractivity (Wildman–Crippen MR) is 184 cm³/mol. The van der Waals surface area contributed by atoms with Crippen LogP contribution >= 0.6 is 0 Å². The number of nitrogens with zero attached hydrogens (tertiary/aromatic N) is 2. The van der Waals surface area contributed by atoms with Gasteiger partial charge < -0.3 is 19.7 Å². The van der Waals surface area contributed by atoms with Crippen molar-refractivity contribution < 1.29 is 27.5 Å². The summed E-state index contributed by atoms with van der Waals surface area (Å²) in [5.74, 6) is 0.0278. The number of para-hydroxylation sites is 2. The van der Waals surface area contributed by atoms with E-state index in [-0.39, 0.29) is 35.5 Å². The lowest BCUT2D eigenvalue weighted by molar-refractivity contribution is -0.140. The Hall–Kier alpha value is -4.83. The van der Waals surface area contributed by atoms with Crippen molar-refractivity contribution in [2.75, 3.05) is 24.6 Å². The summed E-state index contributed by atoms with van der Waals surface area (Å²) >= 11 is 0. The van der Waals surface area contributed by atoms with Crippen LogP contribution in [0.5, 0.6) is 11.5 Å². The molecular weight excluding hydrogens is 614 g/mol. The van der Waals surface area contributed by atoms with Gasteiger partial charge in [0.15, 0.2) is 0 Å². The second-order valence-corrected chi connectivity index (χ2v) is 13.0. The molecule has 4 aromatic rings. The fraction of sp³-hybridized carbons (Fsp3) is 0.297. The lowest BCUT2D eigenvalue weighted by atomic mass is 10.0. The Labute approximate surface area is 278 Å². The van der Waals surface area contributed by atoms with E-state index in [0.29, 0.717) is 24.5 Å². The third-order valence-electron chi connectivity index (χ3n) is 7.80. The molecule has 0 unspecified atom stereocenters. The Balaban J connectivity index is 1.84. The van der Waals surface area contributed by atoms with E-state index in [1.54, 1.807) is 68.6 Å². The Kier molecular flexibility index (Phi) is 12.4. The highest BCUT2D eigenvalue weighted by atomic mass is 32.2. The van der Waals surface area contributed by atoms with Crippen molar-refractivity contribution in [3.8, 4) is 11.5 Å². The maximum atomic E-state index is 14.7. The first kappa shape index (κ1) is 35.0. The SMILES string of the molecule is CCOc1ccccc1N(CC(=O)N(Cc1cccc(OC)c1)[C@@H](Cc1ccccc1)C(=O)N[C@@H](C)CC)S(=O)(=O)c1ccccc1. The molecule has 0 aromatic heterocycles. The molecule has 4 aromatic carbocycles. The molecule has 0 saturated carbocycles. The highest BCUT2D eigenvalue weighted by Gasteiger charge is 2.35. The van der Waals surface area contributed by atoms with Gasteiger partial charge in [0.05, 0.1) is 24.3 Å². The highest BCUT2D eigenvalue weighted by molar-refractivity contribution is 7.92. The van der Waals surface area contributed by atoms with E-state index < -0.39 is 28.5 Å². The zero-order valence-electron chi connectivity index (χ0n) is 27.3. The maximum Gasteiger partial charge on any atom is 0.264 e. The lowest BCUT2D eigenvalue weighted by Crippen LogP contribution is -2.54. The van der Waals surface area contributed by atoms with Crippen LogP contribution in [0.2, 0.25) is 0 Å². The topological polar surface area (TPSA) is 105 Å². The molecule has 2 atom stereocenters. The number of benzene rings is 4. The molecule has 0 aliphatic carbocycles. The molecule has 0 spiro atoms. The van der Waals surface area contributed by atoms with Crippen molar-refractivity contribution in [3.05, 3.63) is 120 Å². The number of methoxy groups -OCH3 is 1. The lowest BCUT2D eigenvalue weighted by Gasteiger charge is -2.34. The summed E-state index contributed by atoms with van der Waals surface area (Å²) in [7, 11) is -2.69. The Morgan fingerprint density at radius 3 is 2.13 bits per heavy atom. The number of hydrogen-bond acceptors (Lipinski definition) is 6. The molecule has 0 aliphatic rings. The summed E-state index contributed by atoms with van der Waals surface area (Å²) in [4.78, 5) is 30.2. The molecule has 2 amide bonds. The summed E-state index contributed by atoms with van der Waals surface area (Å²) in [6.45, 7) is 5.43. The van der Waals surface area contributed by atoms with Gasteiger partial charge in [-0.1, -0.05) is 79.7 Å². The van der Waals surface area contributed by atoms with Crippen LogP contribution in [0.1, 0.15) is 38.3 Å². The van der Waals surface area contributed by atoms with Crippen molar-refractivity contribution in [1.29, 1.82) is 0 Å². The van der Waals surface area contributed by atoms with E-state index >= 15 is 0 Å². The minimum Gasteiger partial charge on any atom is -0.497 e. The molecule has 47 heavy (non-hydrogen) atoms. The van der Waals surface area contributed by atoms with E-state index in [9.17, 15) is 18.0 Å². The maximum absolute atomic E-state index is 14.7. The van der Waals surface area contributed by atoms with Gasteiger partial charge in [0, 0.05) is 19.0 Å². The van der Waals surface area contributed by atoms with Crippen LogP contribution in [0, 0.1) is 0 Å². The summed E-state index contributed by atoms with van der Waals surface area (Å²) in [5, 5.41) is 3.05. The van der Waals surface area contributed by atoms with Gasteiger partial charge in [-0.25, -0.2) is 8.42 Å². The van der Waals surface area contributed by atoms with E-state index in [2.05, 4.69) is 5.32 Å². The number of nitrogens with one attached hydrogen (secondary N) is 1. The van der Waals surface area contributed by atoms with Crippen LogP contribution in [0.15, 0.2) is 114 Å². The average molecular weight is 658 g/mol. The first-order valence-electron chi connectivity index (χ1n) is 15.7. The fourth-order valence-electron chi connectivity index (χ4n) is 5.14. The van der Waals surface area contributed by atoms with Crippen LogP contribution in [0.25, 0.3) is 0 Å². The molecule has 4 rings (SSSR count). The van der Waals surface area contributed by atoms with E-state index in [0.717, 1.165) is 15.4 Å². The van der Waals surface area contributed by atoms with Crippen LogP contribution in [0.3, 0.4) is 0 Å². The summed E-state index contributed by atoms with van der Waals surface area (Å²) in [6, 6.07) is 30.3. The minimum atomic E-state index is -4.25. The van der Waals surface area contributed by atoms with Crippen LogP contribution < -0.4 is 19.1 Å². The molecule has 0 saturated heterocycles. The summed E-state index contributed by atoms with van der Waals surface area (Å²) < 4.78 is 40.9. The van der Waals surface area contributed by atoms with Crippen LogP contribution in [-0.4, -0.2) is 57.5 Å². The molecule has 248 valence electrons. The number of sulfonamides is 1. The Morgan fingerprint density at radius 1 is 0.830 bits per heavy atom. The number of carbonyl (C=O) groups excluding carboxylic acids is 2. The van der Waals surface area contributed by atoms with Gasteiger partial charge in [0.25, 0.3) is 10.0 Å². The van der Waals surface area contributed by atoms with Crippen molar-refractivity contribution in [3.63, 3.8) is 0 Å². The van der Waals surface area contributed by atoms with Crippen molar-refractivity contribution in [2.45, 2.75) is 57.1 Å². The number of carbonyl (C=O) groups is 2. The summed E-state index contributed by atoms with van der Waals surface area (Å²) in [6.07, 6.45) is 0.921. The number of hydrogen-bond donors (Lipinski definition) is 1. The van der Waals surface area contributed by atoms with E-state index in [4.69, 9.17) is 9.47 Å². The number of anilines is 1. The molecule has 1 N–H and O–H groups in total. The predicted octanol–water partition coefficient (Wildman–Crippen LogP) is 5.84. The molecule has 0 aliphatic heterocycles. The van der Waals surface area contributed by atoms with Crippen LogP contribution in [0.4, 0.5) is 5.69 Å². The van der Waals surface area contributed by atoms with Gasteiger partial charge in [-0.05, 0) is 67.8 Å². The molecule has 9 nitrogen and oxygen atoms in total. The summed E-state index contributed by atoms with van der Waals surface area (Å²) in [5.41, 5.74) is 1.80. The number of ether oxygens (including phenoxy) is 2. The third kappa shape index (κ3) is 9.13. The average Bonchev–Trinajstić information content (AvgIpc) is 3.09. The zero-order chi connectivity index (χ0) is 33.8. The largest absolute Gasteiger partial charge is 0.497 e.